The van der Waals surface area contributed by atoms with Crippen LogP contribution in [0.5, 0.6) is 5.75 Å². The zero-order chi connectivity index (χ0) is 28.2. The highest BCUT2D eigenvalue weighted by Crippen LogP contribution is 2.27. The fourth-order valence-corrected chi connectivity index (χ4v) is 6.04. The topological polar surface area (TPSA) is 105 Å². The van der Waals surface area contributed by atoms with Crippen LogP contribution in [0.1, 0.15) is 49.5 Å². The van der Waals surface area contributed by atoms with Gasteiger partial charge >= 0.3 is 0 Å². The van der Waals surface area contributed by atoms with Gasteiger partial charge in [-0.3, -0.25) is 9.59 Å². The molecule has 3 aromatic carbocycles. The van der Waals surface area contributed by atoms with Gasteiger partial charge in [0.05, 0.1) is 17.9 Å². The minimum absolute atomic E-state index is 0.00320. The van der Waals surface area contributed by atoms with Gasteiger partial charge in [-0.2, -0.15) is 4.31 Å². The van der Waals surface area contributed by atoms with Crippen molar-refractivity contribution in [3.63, 3.8) is 0 Å². The molecule has 0 bridgehead atoms. The summed E-state index contributed by atoms with van der Waals surface area (Å²) in [4.78, 5) is 26.0. The van der Waals surface area contributed by atoms with E-state index >= 15 is 0 Å². The predicted molar refractivity (Wildman–Crippen MR) is 153 cm³/mol. The SMILES string of the molecule is COc1ccc(S(=O)(=O)N2CCCC(C(=O)Nc3cccc(NC(=O)c4ccc(C(C)(C)C)cc4)c3)C2)cc1. The highest BCUT2D eigenvalue weighted by atomic mass is 32.2. The van der Waals surface area contributed by atoms with Crippen LogP contribution in [0, 0.1) is 5.92 Å². The molecule has 0 aromatic heterocycles. The van der Waals surface area contributed by atoms with E-state index in [0.717, 1.165) is 5.56 Å². The Morgan fingerprint density at radius 2 is 1.56 bits per heavy atom. The summed E-state index contributed by atoms with van der Waals surface area (Å²) in [7, 11) is -2.21. The van der Waals surface area contributed by atoms with Crippen molar-refractivity contribution >= 4 is 33.2 Å². The lowest BCUT2D eigenvalue weighted by Gasteiger charge is -2.31. The van der Waals surface area contributed by atoms with Gasteiger partial charge in [-0.15, -0.1) is 0 Å². The number of ether oxygens (including phenoxy) is 1. The third kappa shape index (κ3) is 6.85. The fraction of sp³-hybridized carbons (Fsp3) is 0.333. The molecule has 0 aliphatic carbocycles. The van der Waals surface area contributed by atoms with E-state index < -0.39 is 15.9 Å². The summed E-state index contributed by atoms with van der Waals surface area (Å²) in [5.41, 5.74) is 2.75. The minimum atomic E-state index is -3.73. The van der Waals surface area contributed by atoms with Gasteiger partial charge in [0.2, 0.25) is 15.9 Å². The smallest absolute Gasteiger partial charge is 0.255 e. The average Bonchev–Trinajstić information content (AvgIpc) is 2.93. The van der Waals surface area contributed by atoms with Crippen LogP contribution < -0.4 is 15.4 Å². The van der Waals surface area contributed by atoms with Crippen molar-refractivity contribution in [1.29, 1.82) is 0 Å². The molecule has 4 rings (SSSR count). The molecule has 1 unspecified atom stereocenters. The van der Waals surface area contributed by atoms with Crippen LogP contribution in [0.25, 0.3) is 0 Å². The molecule has 1 atom stereocenters. The Kier molecular flexibility index (Phi) is 8.42. The molecular weight excluding hydrogens is 514 g/mol. The van der Waals surface area contributed by atoms with Crippen LogP contribution >= 0.6 is 0 Å². The lowest BCUT2D eigenvalue weighted by molar-refractivity contribution is -0.120. The van der Waals surface area contributed by atoms with Gasteiger partial charge in [0.25, 0.3) is 5.91 Å². The van der Waals surface area contributed by atoms with E-state index in [1.807, 2.05) is 12.1 Å². The van der Waals surface area contributed by atoms with Gasteiger partial charge in [0, 0.05) is 30.0 Å². The standard InChI is InChI=1S/C30H35N3O5S/c1-30(2,3)23-12-10-21(11-13-23)28(34)31-24-8-5-9-25(19-24)32-29(35)22-7-6-18-33(20-22)39(36,37)27-16-14-26(38-4)15-17-27/h5,8-17,19,22H,6-7,18,20H2,1-4H3,(H,31,34)(H,32,35). The van der Waals surface area contributed by atoms with Gasteiger partial charge in [-0.1, -0.05) is 39.0 Å². The van der Waals surface area contributed by atoms with Gasteiger partial charge in [0.15, 0.2) is 0 Å². The van der Waals surface area contributed by atoms with E-state index in [1.54, 1.807) is 48.5 Å². The molecule has 206 valence electrons. The Morgan fingerprint density at radius 3 is 2.18 bits per heavy atom. The number of carbonyl (C=O) groups is 2. The van der Waals surface area contributed by atoms with Crippen LogP contribution in [-0.2, 0) is 20.2 Å². The number of nitrogens with zero attached hydrogens (tertiary/aromatic N) is 1. The number of amides is 2. The summed E-state index contributed by atoms with van der Waals surface area (Å²) in [6.45, 7) is 6.81. The summed E-state index contributed by atoms with van der Waals surface area (Å²) in [6.07, 6.45) is 1.17. The molecule has 9 heteroatoms. The first-order valence-electron chi connectivity index (χ1n) is 12.9. The van der Waals surface area contributed by atoms with E-state index in [2.05, 4.69) is 31.4 Å². The second-order valence-corrected chi connectivity index (χ2v) is 12.7. The van der Waals surface area contributed by atoms with Crippen molar-refractivity contribution in [3.05, 3.63) is 83.9 Å². The molecule has 1 aliphatic rings. The second-order valence-electron chi connectivity index (χ2n) is 10.7. The highest BCUT2D eigenvalue weighted by Gasteiger charge is 2.33. The first-order chi connectivity index (χ1) is 18.5. The maximum Gasteiger partial charge on any atom is 0.255 e. The number of piperidine rings is 1. The Hall–Kier alpha value is -3.69. The minimum Gasteiger partial charge on any atom is -0.497 e. The number of rotatable bonds is 7. The molecule has 3 aromatic rings. The van der Waals surface area contributed by atoms with E-state index in [0.29, 0.717) is 42.1 Å². The third-order valence-electron chi connectivity index (χ3n) is 6.85. The summed E-state index contributed by atoms with van der Waals surface area (Å²) in [5, 5.41) is 5.76. The van der Waals surface area contributed by atoms with Crippen molar-refractivity contribution in [3.8, 4) is 5.75 Å². The quantitative estimate of drug-likeness (QED) is 0.417. The van der Waals surface area contributed by atoms with Crippen molar-refractivity contribution in [2.75, 3.05) is 30.8 Å². The van der Waals surface area contributed by atoms with E-state index in [4.69, 9.17) is 4.74 Å². The molecule has 0 saturated carbocycles. The number of hydrogen-bond acceptors (Lipinski definition) is 5. The normalized spacial score (nSPS) is 16.4. The van der Waals surface area contributed by atoms with Crippen LogP contribution in [0.2, 0.25) is 0 Å². The van der Waals surface area contributed by atoms with Crippen molar-refractivity contribution in [2.24, 2.45) is 5.92 Å². The number of methoxy groups -OCH3 is 1. The average molecular weight is 550 g/mol. The van der Waals surface area contributed by atoms with Crippen LogP contribution in [0.4, 0.5) is 11.4 Å². The maximum absolute atomic E-state index is 13.2. The summed E-state index contributed by atoms with van der Waals surface area (Å²) in [6, 6.07) is 20.7. The molecule has 39 heavy (non-hydrogen) atoms. The summed E-state index contributed by atoms with van der Waals surface area (Å²) < 4.78 is 32.8. The molecule has 1 saturated heterocycles. The summed E-state index contributed by atoms with van der Waals surface area (Å²) >= 11 is 0. The highest BCUT2D eigenvalue weighted by molar-refractivity contribution is 7.89. The lowest BCUT2D eigenvalue weighted by Crippen LogP contribution is -2.43. The molecule has 0 radical (unpaired) electrons. The van der Waals surface area contributed by atoms with E-state index in [1.165, 1.54) is 23.5 Å². The van der Waals surface area contributed by atoms with Crippen LogP contribution in [0.15, 0.2) is 77.7 Å². The maximum atomic E-state index is 13.2. The molecule has 8 nitrogen and oxygen atoms in total. The molecule has 2 N–H and O–H groups in total. The van der Waals surface area contributed by atoms with E-state index in [9.17, 15) is 18.0 Å². The molecule has 2 amide bonds. The number of hydrogen-bond donors (Lipinski definition) is 2. The van der Waals surface area contributed by atoms with Gasteiger partial charge in [-0.05, 0) is 78.4 Å². The Balaban J connectivity index is 1.39. The molecular formula is C30H35N3O5S. The Bertz CT molecular complexity index is 1430. The van der Waals surface area contributed by atoms with Gasteiger partial charge < -0.3 is 15.4 Å². The zero-order valence-corrected chi connectivity index (χ0v) is 23.5. The second kappa shape index (κ2) is 11.6. The van der Waals surface area contributed by atoms with E-state index in [-0.39, 0.29) is 28.7 Å². The van der Waals surface area contributed by atoms with Crippen LogP contribution in [0.3, 0.4) is 0 Å². The lowest BCUT2D eigenvalue weighted by atomic mass is 9.87. The molecule has 1 heterocycles. The summed E-state index contributed by atoms with van der Waals surface area (Å²) in [5.74, 6) is -0.426. The van der Waals surface area contributed by atoms with Crippen molar-refractivity contribution in [2.45, 2.75) is 43.9 Å². The Morgan fingerprint density at radius 1 is 0.923 bits per heavy atom. The largest absolute Gasteiger partial charge is 0.497 e. The fourth-order valence-electron chi connectivity index (χ4n) is 4.52. The first-order valence-corrected chi connectivity index (χ1v) is 14.4. The number of anilines is 2. The Labute approximate surface area is 230 Å². The first kappa shape index (κ1) is 28.3. The molecule has 0 spiro atoms. The van der Waals surface area contributed by atoms with Crippen LogP contribution in [-0.4, -0.2) is 44.7 Å². The zero-order valence-electron chi connectivity index (χ0n) is 22.7. The number of benzene rings is 3. The molecule has 1 fully saturated rings. The number of carbonyl (C=O) groups excluding carboxylic acids is 2. The van der Waals surface area contributed by atoms with Crippen molar-refractivity contribution in [1.82, 2.24) is 4.31 Å². The van der Waals surface area contributed by atoms with Gasteiger partial charge in [-0.25, -0.2) is 8.42 Å². The predicted octanol–water partition coefficient (Wildman–Crippen LogP) is 5.28. The van der Waals surface area contributed by atoms with Crippen molar-refractivity contribution < 1.29 is 22.7 Å². The number of sulfonamides is 1. The van der Waals surface area contributed by atoms with Gasteiger partial charge in [0.1, 0.15) is 5.75 Å². The molecule has 1 aliphatic heterocycles. The third-order valence-corrected chi connectivity index (χ3v) is 8.73. The number of nitrogens with one attached hydrogen (secondary N) is 2. The monoisotopic (exact) mass is 549 g/mol.